The monoisotopic (exact) mass is 200 g/mol. The predicted molar refractivity (Wildman–Crippen MR) is 55.1 cm³/mol. The van der Waals surface area contributed by atoms with Crippen molar-refractivity contribution in [3.05, 3.63) is 0 Å². The smallest absolute Gasteiger partial charge is 0.236 e. The van der Waals surface area contributed by atoms with E-state index in [4.69, 9.17) is 4.74 Å². The fourth-order valence-electron chi connectivity index (χ4n) is 1.74. The summed E-state index contributed by atoms with van der Waals surface area (Å²) in [6.07, 6.45) is 1.08. The molecule has 0 aliphatic carbocycles. The Labute approximate surface area is 85.6 Å². The van der Waals surface area contributed by atoms with Crippen LogP contribution in [-0.2, 0) is 9.53 Å². The highest BCUT2D eigenvalue weighted by molar-refractivity contribution is 5.78. The van der Waals surface area contributed by atoms with Gasteiger partial charge in [-0.15, -0.1) is 0 Å². The van der Waals surface area contributed by atoms with Crippen LogP contribution in [0.15, 0.2) is 0 Å². The van der Waals surface area contributed by atoms with Crippen molar-refractivity contribution in [1.82, 2.24) is 10.2 Å². The molecule has 0 aromatic rings. The molecule has 1 fully saturated rings. The summed E-state index contributed by atoms with van der Waals surface area (Å²) in [7, 11) is 1.80. The van der Waals surface area contributed by atoms with Gasteiger partial charge in [0.15, 0.2) is 0 Å². The number of nitrogens with one attached hydrogen (secondary N) is 1. The van der Waals surface area contributed by atoms with Gasteiger partial charge in [0.1, 0.15) is 0 Å². The molecule has 0 saturated carbocycles. The van der Waals surface area contributed by atoms with E-state index in [1.165, 1.54) is 0 Å². The summed E-state index contributed by atoms with van der Waals surface area (Å²) >= 11 is 0. The van der Waals surface area contributed by atoms with E-state index in [9.17, 15) is 4.79 Å². The predicted octanol–water partition coefficient (Wildman–Crippen LogP) is 0.0908. The number of nitrogens with zero attached hydrogens (tertiary/aromatic N) is 1. The summed E-state index contributed by atoms with van der Waals surface area (Å²) in [5, 5.41) is 2.88. The maximum Gasteiger partial charge on any atom is 0.236 e. The van der Waals surface area contributed by atoms with Crippen molar-refractivity contribution in [2.45, 2.75) is 13.3 Å². The zero-order valence-corrected chi connectivity index (χ0v) is 9.08. The van der Waals surface area contributed by atoms with Crippen molar-refractivity contribution in [3.63, 3.8) is 0 Å². The molecule has 1 aliphatic heterocycles. The minimum absolute atomic E-state index is 0.200. The molecular weight excluding hydrogens is 180 g/mol. The van der Waals surface area contributed by atoms with Gasteiger partial charge in [-0.2, -0.15) is 0 Å². The second kappa shape index (κ2) is 5.98. The van der Waals surface area contributed by atoms with E-state index < -0.39 is 0 Å². The molecule has 0 unspecified atom stereocenters. The van der Waals surface area contributed by atoms with Crippen LogP contribution < -0.4 is 5.32 Å². The van der Waals surface area contributed by atoms with Gasteiger partial charge in [-0.05, 0) is 20.4 Å². The topological polar surface area (TPSA) is 41.6 Å². The van der Waals surface area contributed by atoms with Crippen molar-refractivity contribution in [2.75, 3.05) is 39.9 Å². The van der Waals surface area contributed by atoms with Crippen LogP contribution in [0.25, 0.3) is 0 Å². The average Bonchev–Trinajstić information content (AvgIpc) is 2.63. The number of carbonyl (C=O) groups is 1. The first-order valence-corrected chi connectivity index (χ1v) is 5.28. The van der Waals surface area contributed by atoms with Crippen LogP contribution in [0.1, 0.15) is 13.3 Å². The Kier molecular flexibility index (Phi) is 4.90. The lowest BCUT2D eigenvalue weighted by Crippen LogP contribution is -2.35. The molecule has 0 radical (unpaired) electrons. The SMILES string of the molecule is CCOC[C@H]1CCN(C(=O)CNC)C1. The molecule has 4 nitrogen and oxygen atoms in total. The fraction of sp³-hybridized carbons (Fsp3) is 0.900. The molecule has 0 aromatic carbocycles. The molecule has 1 saturated heterocycles. The molecule has 82 valence electrons. The second-order valence-corrected chi connectivity index (χ2v) is 3.68. The van der Waals surface area contributed by atoms with Gasteiger partial charge in [-0.3, -0.25) is 4.79 Å². The molecule has 14 heavy (non-hydrogen) atoms. The number of carbonyl (C=O) groups excluding carboxylic acids is 1. The highest BCUT2D eigenvalue weighted by atomic mass is 16.5. The maximum atomic E-state index is 11.5. The van der Waals surface area contributed by atoms with Crippen LogP contribution in [-0.4, -0.2) is 50.7 Å². The first-order valence-electron chi connectivity index (χ1n) is 5.28. The number of ether oxygens (including phenoxy) is 1. The summed E-state index contributed by atoms with van der Waals surface area (Å²) in [6, 6.07) is 0. The van der Waals surface area contributed by atoms with E-state index in [-0.39, 0.29) is 5.91 Å². The van der Waals surface area contributed by atoms with Crippen molar-refractivity contribution >= 4 is 5.91 Å². The van der Waals surface area contributed by atoms with Crippen LogP contribution in [0.4, 0.5) is 0 Å². The van der Waals surface area contributed by atoms with E-state index >= 15 is 0 Å². The van der Waals surface area contributed by atoms with Gasteiger partial charge >= 0.3 is 0 Å². The molecule has 0 aromatic heterocycles. The van der Waals surface area contributed by atoms with Crippen LogP contribution in [0.3, 0.4) is 0 Å². The fourth-order valence-corrected chi connectivity index (χ4v) is 1.74. The first kappa shape index (κ1) is 11.5. The summed E-state index contributed by atoms with van der Waals surface area (Å²) in [4.78, 5) is 13.4. The van der Waals surface area contributed by atoms with Crippen molar-refractivity contribution in [3.8, 4) is 0 Å². The molecule has 0 spiro atoms. The zero-order valence-electron chi connectivity index (χ0n) is 9.08. The van der Waals surface area contributed by atoms with Gasteiger partial charge in [0.2, 0.25) is 5.91 Å². The Morgan fingerprint density at radius 2 is 2.43 bits per heavy atom. The zero-order chi connectivity index (χ0) is 10.4. The van der Waals surface area contributed by atoms with Crippen LogP contribution in [0.5, 0.6) is 0 Å². The van der Waals surface area contributed by atoms with E-state index in [0.29, 0.717) is 12.5 Å². The summed E-state index contributed by atoms with van der Waals surface area (Å²) in [6.45, 7) is 5.75. The average molecular weight is 200 g/mol. The van der Waals surface area contributed by atoms with Gasteiger partial charge in [0.05, 0.1) is 13.2 Å². The maximum absolute atomic E-state index is 11.5. The van der Waals surface area contributed by atoms with E-state index in [1.54, 1.807) is 7.05 Å². The molecule has 4 heteroatoms. The van der Waals surface area contributed by atoms with E-state index in [0.717, 1.165) is 32.7 Å². The number of hydrogen-bond acceptors (Lipinski definition) is 3. The summed E-state index contributed by atoms with van der Waals surface area (Å²) in [5.41, 5.74) is 0. The molecule has 1 heterocycles. The van der Waals surface area contributed by atoms with Crippen LogP contribution in [0, 0.1) is 5.92 Å². The lowest BCUT2D eigenvalue weighted by molar-refractivity contribution is -0.129. The molecule has 1 aliphatic rings. The third-order valence-corrected chi connectivity index (χ3v) is 2.52. The van der Waals surface area contributed by atoms with Gasteiger partial charge in [-0.25, -0.2) is 0 Å². The Morgan fingerprint density at radius 1 is 1.64 bits per heavy atom. The van der Waals surface area contributed by atoms with Crippen molar-refractivity contribution in [1.29, 1.82) is 0 Å². The lowest BCUT2D eigenvalue weighted by Gasteiger charge is -2.16. The number of likely N-dealkylation sites (tertiary alicyclic amines) is 1. The summed E-state index contributed by atoms with van der Waals surface area (Å²) in [5.74, 6) is 0.738. The molecule has 1 rings (SSSR count). The third kappa shape index (κ3) is 3.27. The van der Waals surface area contributed by atoms with Crippen molar-refractivity contribution < 1.29 is 9.53 Å². The number of hydrogen-bond donors (Lipinski definition) is 1. The number of rotatable bonds is 5. The van der Waals surface area contributed by atoms with Crippen molar-refractivity contribution in [2.24, 2.45) is 5.92 Å². The van der Waals surface area contributed by atoms with Gasteiger partial charge < -0.3 is 15.0 Å². The molecule has 0 bridgehead atoms. The van der Waals surface area contributed by atoms with Gasteiger partial charge in [0.25, 0.3) is 0 Å². The molecular formula is C10H20N2O2. The highest BCUT2D eigenvalue weighted by Crippen LogP contribution is 2.16. The number of amides is 1. The lowest BCUT2D eigenvalue weighted by atomic mass is 10.1. The summed E-state index contributed by atoms with van der Waals surface area (Å²) < 4.78 is 5.35. The first-order chi connectivity index (χ1) is 6.77. The standard InChI is InChI=1S/C10H20N2O2/c1-3-14-8-9-4-5-12(7-9)10(13)6-11-2/h9,11H,3-8H2,1-2H3/t9-/m0/s1. The van der Waals surface area contributed by atoms with Crippen LogP contribution in [0.2, 0.25) is 0 Å². The highest BCUT2D eigenvalue weighted by Gasteiger charge is 2.25. The van der Waals surface area contributed by atoms with Gasteiger partial charge in [0, 0.05) is 25.6 Å². The Bertz CT molecular complexity index is 185. The normalized spacial score (nSPS) is 21.6. The minimum atomic E-state index is 0.200. The van der Waals surface area contributed by atoms with E-state index in [1.807, 2.05) is 11.8 Å². The minimum Gasteiger partial charge on any atom is -0.381 e. The number of likely N-dealkylation sites (N-methyl/N-ethyl adjacent to an activating group) is 1. The third-order valence-electron chi connectivity index (χ3n) is 2.52. The Hall–Kier alpha value is -0.610. The molecule has 1 atom stereocenters. The molecule has 1 amide bonds. The van der Waals surface area contributed by atoms with Gasteiger partial charge in [-0.1, -0.05) is 0 Å². The van der Waals surface area contributed by atoms with Crippen LogP contribution >= 0.6 is 0 Å². The quantitative estimate of drug-likeness (QED) is 0.684. The Balaban J connectivity index is 2.22. The van der Waals surface area contributed by atoms with E-state index in [2.05, 4.69) is 5.32 Å². The second-order valence-electron chi connectivity index (χ2n) is 3.68. The Morgan fingerprint density at radius 3 is 3.07 bits per heavy atom. The largest absolute Gasteiger partial charge is 0.381 e. The molecule has 1 N–H and O–H groups in total.